The molecule has 2 aromatic rings. The molecule has 2 N–H and O–H groups in total. The number of barbiturate groups is 1. The molecule has 1 aliphatic rings. The Hall–Kier alpha value is -3.26. The number of benzene rings is 2. The average Bonchev–Trinajstić information content (AvgIpc) is 2.60. The number of urea groups is 1. The standard InChI is InChI=1S/C18H11BrN2O5/c19-12-5-7-13(8-6-12)21-16(23)14(15(22)20-18(21)26)9-10-1-3-11(4-2-10)17(24)25/h1-9H,(H,24,25)(H,20,22,26)/b14-9+. The Morgan fingerprint density at radius 2 is 1.62 bits per heavy atom. The van der Waals surface area contributed by atoms with Crippen LogP contribution >= 0.6 is 15.9 Å². The van der Waals surface area contributed by atoms with Crippen LogP contribution in [0, 0.1) is 0 Å². The molecule has 130 valence electrons. The van der Waals surface area contributed by atoms with Crippen LogP contribution in [0.1, 0.15) is 15.9 Å². The molecule has 1 fully saturated rings. The maximum absolute atomic E-state index is 12.7. The third-order valence-corrected chi connectivity index (χ3v) is 4.18. The second-order valence-electron chi connectivity index (χ2n) is 5.36. The van der Waals surface area contributed by atoms with E-state index in [9.17, 15) is 19.2 Å². The predicted octanol–water partition coefficient (Wildman–Crippen LogP) is 2.81. The lowest BCUT2D eigenvalue weighted by Crippen LogP contribution is -2.54. The lowest BCUT2D eigenvalue weighted by Gasteiger charge is -2.26. The van der Waals surface area contributed by atoms with Crippen LogP contribution in [0.25, 0.3) is 6.08 Å². The molecular formula is C18H11BrN2O5. The van der Waals surface area contributed by atoms with Crippen LogP contribution in [0.5, 0.6) is 0 Å². The normalized spacial score (nSPS) is 16.0. The fourth-order valence-corrected chi connectivity index (χ4v) is 2.64. The first-order valence-electron chi connectivity index (χ1n) is 7.37. The van der Waals surface area contributed by atoms with Crippen molar-refractivity contribution in [3.63, 3.8) is 0 Å². The van der Waals surface area contributed by atoms with Crippen LogP contribution in [0.3, 0.4) is 0 Å². The summed E-state index contributed by atoms with van der Waals surface area (Å²) in [5.41, 5.74) is 0.628. The minimum absolute atomic E-state index is 0.0817. The predicted molar refractivity (Wildman–Crippen MR) is 96.5 cm³/mol. The van der Waals surface area contributed by atoms with Gasteiger partial charge < -0.3 is 5.11 Å². The van der Waals surface area contributed by atoms with Gasteiger partial charge in [-0.15, -0.1) is 0 Å². The number of rotatable bonds is 3. The van der Waals surface area contributed by atoms with Crippen LogP contribution in [-0.2, 0) is 9.59 Å². The van der Waals surface area contributed by atoms with Crippen molar-refractivity contribution in [2.45, 2.75) is 0 Å². The maximum atomic E-state index is 12.7. The number of carboxylic acid groups (broad SMARTS) is 1. The molecule has 0 aliphatic carbocycles. The van der Waals surface area contributed by atoms with E-state index in [0.29, 0.717) is 11.3 Å². The second-order valence-corrected chi connectivity index (χ2v) is 6.28. The summed E-state index contributed by atoms with van der Waals surface area (Å²) >= 11 is 3.27. The summed E-state index contributed by atoms with van der Waals surface area (Å²) in [6.07, 6.45) is 1.31. The first kappa shape index (κ1) is 17.6. The van der Waals surface area contributed by atoms with Crippen molar-refractivity contribution in [1.29, 1.82) is 0 Å². The van der Waals surface area contributed by atoms with Crippen LogP contribution in [0.4, 0.5) is 10.5 Å². The Balaban J connectivity index is 1.96. The van der Waals surface area contributed by atoms with Gasteiger partial charge in [0.05, 0.1) is 11.3 Å². The van der Waals surface area contributed by atoms with Crippen molar-refractivity contribution in [3.05, 3.63) is 69.7 Å². The molecule has 4 amide bonds. The second kappa shape index (κ2) is 6.93. The zero-order chi connectivity index (χ0) is 18.8. The largest absolute Gasteiger partial charge is 0.478 e. The molecule has 1 aliphatic heterocycles. The number of carbonyl (C=O) groups is 4. The van der Waals surface area contributed by atoms with Crippen molar-refractivity contribution in [1.82, 2.24) is 5.32 Å². The molecule has 0 unspecified atom stereocenters. The molecule has 0 saturated carbocycles. The molecule has 0 aromatic heterocycles. The van der Waals surface area contributed by atoms with E-state index in [1.54, 1.807) is 24.3 Å². The van der Waals surface area contributed by atoms with E-state index in [0.717, 1.165) is 9.37 Å². The highest BCUT2D eigenvalue weighted by atomic mass is 79.9. The fourth-order valence-electron chi connectivity index (χ4n) is 2.37. The molecule has 3 rings (SSSR count). The molecule has 0 atom stereocenters. The van der Waals surface area contributed by atoms with E-state index in [1.807, 2.05) is 0 Å². The lowest BCUT2D eigenvalue weighted by atomic mass is 10.1. The van der Waals surface area contributed by atoms with Crippen molar-refractivity contribution in [3.8, 4) is 0 Å². The minimum atomic E-state index is -1.08. The average molecular weight is 415 g/mol. The van der Waals surface area contributed by atoms with E-state index in [4.69, 9.17) is 5.11 Å². The van der Waals surface area contributed by atoms with Crippen molar-refractivity contribution in [2.75, 3.05) is 4.90 Å². The SMILES string of the molecule is O=C1NC(=O)N(c2ccc(Br)cc2)C(=O)/C1=C/c1ccc(C(=O)O)cc1. The molecule has 7 nitrogen and oxygen atoms in total. The van der Waals surface area contributed by atoms with Crippen LogP contribution < -0.4 is 10.2 Å². The summed E-state index contributed by atoms with van der Waals surface area (Å²) in [5.74, 6) is -2.65. The molecule has 0 spiro atoms. The summed E-state index contributed by atoms with van der Waals surface area (Å²) in [7, 11) is 0. The zero-order valence-corrected chi connectivity index (χ0v) is 14.7. The van der Waals surface area contributed by atoms with E-state index < -0.39 is 23.8 Å². The minimum Gasteiger partial charge on any atom is -0.478 e. The molecule has 26 heavy (non-hydrogen) atoms. The molecule has 2 aromatic carbocycles. The number of amides is 4. The molecular weight excluding hydrogens is 404 g/mol. The van der Waals surface area contributed by atoms with Crippen molar-refractivity contribution < 1.29 is 24.3 Å². The number of halogens is 1. The highest BCUT2D eigenvalue weighted by Gasteiger charge is 2.36. The van der Waals surface area contributed by atoms with Gasteiger partial charge in [-0.1, -0.05) is 28.1 Å². The topological polar surface area (TPSA) is 104 Å². The Kier molecular flexibility index (Phi) is 4.68. The van der Waals surface area contributed by atoms with Gasteiger partial charge in [-0.3, -0.25) is 14.9 Å². The number of nitrogens with zero attached hydrogens (tertiary/aromatic N) is 1. The third kappa shape index (κ3) is 3.40. The number of aromatic carboxylic acids is 1. The number of anilines is 1. The van der Waals surface area contributed by atoms with E-state index in [1.165, 1.54) is 30.3 Å². The Morgan fingerprint density at radius 3 is 2.19 bits per heavy atom. The Labute approximate surface area is 156 Å². The number of carbonyl (C=O) groups excluding carboxylic acids is 3. The number of hydrogen-bond acceptors (Lipinski definition) is 4. The molecule has 1 saturated heterocycles. The van der Waals surface area contributed by atoms with Crippen molar-refractivity contribution >= 4 is 51.5 Å². The number of nitrogens with one attached hydrogen (secondary N) is 1. The number of carboxylic acids is 1. The fraction of sp³-hybridized carbons (Fsp3) is 0. The van der Waals surface area contributed by atoms with Crippen molar-refractivity contribution in [2.24, 2.45) is 0 Å². The summed E-state index contributed by atoms with van der Waals surface area (Å²) in [5, 5.41) is 11.0. The quantitative estimate of drug-likeness (QED) is 0.593. The summed E-state index contributed by atoms with van der Waals surface area (Å²) in [6.45, 7) is 0. The van der Waals surface area contributed by atoms with Gasteiger partial charge in [0, 0.05) is 4.47 Å². The summed E-state index contributed by atoms with van der Waals surface area (Å²) < 4.78 is 0.775. The highest BCUT2D eigenvalue weighted by Crippen LogP contribution is 2.23. The molecule has 0 bridgehead atoms. The van der Waals surface area contributed by atoms with E-state index in [2.05, 4.69) is 21.2 Å². The molecule has 0 radical (unpaired) electrons. The summed E-state index contributed by atoms with van der Waals surface area (Å²) in [6, 6.07) is 11.3. The van der Waals surface area contributed by atoms with Gasteiger partial charge in [0.2, 0.25) is 0 Å². The van der Waals surface area contributed by atoms with Crippen LogP contribution in [0.2, 0.25) is 0 Å². The smallest absolute Gasteiger partial charge is 0.335 e. The maximum Gasteiger partial charge on any atom is 0.335 e. The summed E-state index contributed by atoms with van der Waals surface area (Å²) in [4.78, 5) is 48.6. The number of imide groups is 2. The number of hydrogen-bond donors (Lipinski definition) is 2. The monoisotopic (exact) mass is 414 g/mol. The van der Waals surface area contributed by atoms with E-state index >= 15 is 0 Å². The van der Waals surface area contributed by atoms with Gasteiger partial charge >= 0.3 is 12.0 Å². The van der Waals surface area contributed by atoms with E-state index in [-0.39, 0.29) is 11.1 Å². The Morgan fingerprint density at radius 1 is 1.00 bits per heavy atom. The van der Waals surface area contributed by atoms with Gasteiger partial charge in [0.15, 0.2) is 0 Å². The molecule has 8 heteroatoms. The van der Waals surface area contributed by atoms with Gasteiger partial charge in [0.25, 0.3) is 11.8 Å². The first-order valence-corrected chi connectivity index (χ1v) is 8.16. The van der Waals surface area contributed by atoms with Gasteiger partial charge in [-0.2, -0.15) is 0 Å². The highest BCUT2D eigenvalue weighted by molar-refractivity contribution is 9.10. The van der Waals surface area contributed by atoms with Gasteiger partial charge in [-0.25, -0.2) is 14.5 Å². The third-order valence-electron chi connectivity index (χ3n) is 3.66. The molecule has 1 heterocycles. The van der Waals surface area contributed by atoms with Crippen LogP contribution in [0.15, 0.2) is 58.6 Å². The first-order chi connectivity index (χ1) is 12.4. The van der Waals surface area contributed by atoms with Gasteiger partial charge in [0.1, 0.15) is 5.57 Å². The lowest BCUT2D eigenvalue weighted by molar-refractivity contribution is -0.122. The zero-order valence-electron chi connectivity index (χ0n) is 13.1. The Bertz CT molecular complexity index is 949. The van der Waals surface area contributed by atoms with Gasteiger partial charge in [-0.05, 0) is 48.0 Å². The van der Waals surface area contributed by atoms with Crippen LogP contribution in [-0.4, -0.2) is 28.9 Å².